The Morgan fingerprint density at radius 3 is 2.22 bits per heavy atom. The average molecular weight is 369 g/mol. The van der Waals surface area contributed by atoms with Crippen LogP contribution in [0.25, 0.3) is 0 Å². The normalized spacial score (nSPS) is 21.9. The molecule has 3 aliphatic rings. The molecule has 6 heteroatoms. The molecule has 4 rings (SSSR count). The number of anilines is 2. The van der Waals surface area contributed by atoms with Crippen LogP contribution in [0, 0.1) is 0 Å². The third-order valence-electron chi connectivity index (χ3n) is 5.55. The van der Waals surface area contributed by atoms with Gasteiger partial charge < -0.3 is 19.4 Å². The van der Waals surface area contributed by atoms with Crippen LogP contribution in [0.5, 0.6) is 0 Å². The number of benzene rings is 1. The van der Waals surface area contributed by atoms with E-state index in [0.717, 1.165) is 62.4 Å². The van der Waals surface area contributed by atoms with E-state index in [9.17, 15) is 9.59 Å². The third-order valence-corrected chi connectivity index (χ3v) is 5.55. The lowest BCUT2D eigenvalue weighted by Gasteiger charge is -2.35. The van der Waals surface area contributed by atoms with E-state index in [0.29, 0.717) is 26.2 Å². The Labute approximate surface area is 160 Å². The van der Waals surface area contributed by atoms with E-state index >= 15 is 0 Å². The molecular weight excluding hydrogens is 342 g/mol. The molecule has 2 fully saturated rings. The molecule has 0 spiro atoms. The largest absolute Gasteiger partial charge is 0.378 e. The molecular formula is C21H27N3O3. The monoisotopic (exact) mass is 369 g/mol. The molecule has 0 aliphatic carbocycles. The van der Waals surface area contributed by atoms with Crippen LogP contribution in [0.3, 0.4) is 0 Å². The molecule has 3 heterocycles. The third kappa shape index (κ3) is 3.86. The molecule has 0 radical (unpaired) electrons. The van der Waals surface area contributed by atoms with Crippen molar-refractivity contribution >= 4 is 23.2 Å². The summed E-state index contributed by atoms with van der Waals surface area (Å²) >= 11 is 0. The van der Waals surface area contributed by atoms with E-state index in [2.05, 4.69) is 11.0 Å². The summed E-state index contributed by atoms with van der Waals surface area (Å²) in [6, 6.07) is 7.87. The minimum atomic E-state index is 0.0572. The van der Waals surface area contributed by atoms with Gasteiger partial charge in [-0.15, -0.1) is 0 Å². The van der Waals surface area contributed by atoms with Crippen molar-refractivity contribution in [2.45, 2.75) is 32.1 Å². The van der Waals surface area contributed by atoms with Crippen molar-refractivity contribution in [2.24, 2.45) is 0 Å². The van der Waals surface area contributed by atoms with Gasteiger partial charge >= 0.3 is 0 Å². The van der Waals surface area contributed by atoms with E-state index in [1.54, 1.807) is 0 Å². The number of amides is 2. The zero-order valence-corrected chi connectivity index (χ0v) is 15.7. The smallest absolute Gasteiger partial charge is 0.274 e. The second-order valence-electron chi connectivity index (χ2n) is 7.31. The highest BCUT2D eigenvalue weighted by molar-refractivity contribution is 6.06. The Hall–Kier alpha value is -2.34. The van der Waals surface area contributed by atoms with Crippen molar-refractivity contribution in [3.63, 3.8) is 0 Å². The summed E-state index contributed by atoms with van der Waals surface area (Å²) in [5.74, 6) is 0.258. The topological polar surface area (TPSA) is 53.1 Å². The van der Waals surface area contributed by atoms with Crippen LogP contribution in [-0.4, -0.2) is 56.1 Å². The maximum absolute atomic E-state index is 13.0. The summed E-state index contributed by atoms with van der Waals surface area (Å²) in [5, 5.41) is 0. The Bertz CT molecular complexity index is 723. The fourth-order valence-corrected chi connectivity index (χ4v) is 4.04. The zero-order valence-electron chi connectivity index (χ0n) is 15.7. The predicted octanol–water partition coefficient (Wildman–Crippen LogP) is 2.55. The molecule has 2 saturated heterocycles. The number of hydrogen-bond acceptors (Lipinski definition) is 4. The van der Waals surface area contributed by atoms with E-state index in [1.807, 2.05) is 34.1 Å². The molecule has 0 atom stereocenters. The average Bonchev–Trinajstić information content (AvgIpc) is 2.93. The lowest BCUT2D eigenvalue weighted by atomic mass is 10.1. The van der Waals surface area contributed by atoms with Crippen molar-refractivity contribution in [3.8, 4) is 0 Å². The molecule has 0 aromatic heterocycles. The van der Waals surface area contributed by atoms with Crippen molar-refractivity contribution in [1.82, 2.24) is 4.90 Å². The second-order valence-corrected chi connectivity index (χ2v) is 7.31. The molecule has 0 saturated carbocycles. The highest BCUT2D eigenvalue weighted by atomic mass is 16.5. The number of rotatable bonds is 3. The van der Waals surface area contributed by atoms with Gasteiger partial charge in [-0.25, -0.2) is 0 Å². The molecule has 0 unspecified atom stereocenters. The Kier molecular flexibility index (Phi) is 5.43. The maximum atomic E-state index is 13.0. The van der Waals surface area contributed by atoms with Crippen LogP contribution < -0.4 is 9.80 Å². The molecule has 6 nitrogen and oxygen atoms in total. The second kappa shape index (κ2) is 8.13. The fraction of sp³-hybridized carbons (Fsp3) is 0.524. The summed E-state index contributed by atoms with van der Waals surface area (Å²) in [6.07, 6.45) is 6.66. The van der Waals surface area contributed by atoms with Crippen LogP contribution in [0.4, 0.5) is 11.4 Å². The van der Waals surface area contributed by atoms with E-state index in [-0.39, 0.29) is 11.8 Å². The van der Waals surface area contributed by atoms with Gasteiger partial charge in [0.15, 0.2) is 0 Å². The molecule has 144 valence electrons. The van der Waals surface area contributed by atoms with Crippen molar-refractivity contribution < 1.29 is 14.3 Å². The van der Waals surface area contributed by atoms with Gasteiger partial charge in [0.1, 0.15) is 0 Å². The van der Waals surface area contributed by atoms with Gasteiger partial charge in [0, 0.05) is 44.0 Å². The Morgan fingerprint density at radius 2 is 1.48 bits per heavy atom. The number of ether oxygens (including phenoxy) is 1. The van der Waals surface area contributed by atoms with Gasteiger partial charge in [0.05, 0.1) is 18.9 Å². The first-order valence-electron chi connectivity index (χ1n) is 9.99. The summed E-state index contributed by atoms with van der Waals surface area (Å²) in [4.78, 5) is 31.2. The zero-order chi connectivity index (χ0) is 18.6. The SMILES string of the molecule is O=C1CCCCCN1c1ccc(N2CCC=C(N3CCOCC3)C2=O)cc1. The molecule has 27 heavy (non-hydrogen) atoms. The molecule has 0 N–H and O–H groups in total. The quantitative estimate of drug-likeness (QED) is 0.822. The van der Waals surface area contributed by atoms with Gasteiger partial charge in [-0.05, 0) is 43.5 Å². The first-order valence-corrected chi connectivity index (χ1v) is 9.99. The summed E-state index contributed by atoms with van der Waals surface area (Å²) in [5.41, 5.74) is 2.61. The van der Waals surface area contributed by atoms with Crippen LogP contribution in [0.1, 0.15) is 32.1 Å². The van der Waals surface area contributed by atoms with Crippen molar-refractivity contribution in [2.75, 3.05) is 49.2 Å². The lowest BCUT2D eigenvalue weighted by Crippen LogP contribution is -2.45. The van der Waals surface area contributed by atoms with Gasteiger partial charge in [-0.2, -0.15) is 0 Å². The van der Waals surface area contributed by atoms with Crippen LogP contribution in [-0.2, 0) is 14.3 Å². The molecule has 1 aromatic rings. The summed E-state index contributed by atoms with van der Waals surface area (Å²) in [6.45, 7) is 4.34. The first kappa shape index (κ1) is 18.0. The van der Waals surface area contributed by atoms with Crippen molar-refractivity contribution in [3.05, 3.63) is 36.0 Å². The highest BCUT2D eigenvalue weighted by Gasteiger charge is 2.28. The molecule has 3 aliphatic heterocycles. The number of hydrogen-bond donors (Lipinski definition) is 0. The number of nitrogens with zero attached hydrogens (tertiary/aromatic N) is 3. The minimum absolute atomic E-state index is 0.0572. The number of morpholine rings is 1. The van der Waals surface area contributed by atoms with Crippen LogP contribution >= 0.6 is 0 Å². The highest BCUT2D eigenvalue weighted by Crippen LogP contribution is 2.27. The summed E-state index contributed by atoms with van der Waals surface area (Å²) < 4.78 is 5.40. The molecule has 1 aromatic carbocycles. The van der Waals surface area contributed by atoms with E-state index < -0.39 is 0 Å². The standard InChI is InChI=1S/C21H27N3O3/c25-20-6-2-1-3-11-23(20)17-7-9-18(10-8-17)24-12-4-5-19(21(24)26)22-13-15-27-16-14-22/h5,7-10H,1-4,6,11-16H2. The van der Waals surface area contributed by atoms with E-state index in [1.165, 1.54) is 0 Å². The molecule has 2 amide bonds. The lowest BCUT2D eigenvalue weighted by molar-refractivity contribution is -0.118. The van der Waals surface area contributed by atoms with Crippen molar-refractivity contribution in [1.29, 1.82) is 0 Å². The van der Waals surface area contributed by atoms with Crippen LogP contribution in [0.2, 0.25) is 0 Å². The summed E-state index contributed by atoms with van der Waals surface area (Å²) in [7, 11) is 0. The van der Waals surface area contributed by atoms with E-state index in [4.69, 9.17) is 4.74 Å². The fourth-order valence-electron chi connectivity index (χ4n) is 4.04. The Morgan fingerprint density at radius 1 is 0.778 bits per heavy atom. The molecule has 0 bridgehead atoms. The predicted molar refractivity (Wildman–Crippen MR) is 105 cm³/mol. The van der Waals surface area contributed by atoms with Gasteiger partial charge in [-0.3, -0.25) is 9.59 Å². The van der Waals surface area contributed by atoms with Crippen LogP contribution in [0.15, 0.2) is 36.0 Å². The van der Waals surface area contributed by atoms with Gasteiger partial charge in [0.25, 0.3) is 5.91 Å². The van der Waals surface area contributed by atoms with Gasteiger partial charge in [0.2, 0.25) is 5.91 Å². The number of carbonyl (C=O) groups excluding carboxylic acids is 2. The Balaban J connectivity index is 1.49. The van der Waals surface area contributed by atoms with Gasteiger partial charge in [-0.1, -0.05) is 12.5 Å². The first-order chi connectivity index (χ1) is 13.2. The maximum Gasteiger partial charge on any atom is 0.274 e. The minimum Gasteiger partial charge on any atom is -0.378 e. The number of carbonyl (C=O) groups is 2.